The molecule has 1 saturated heterocycles. The number of aliphatic hydroxyl groups excluding tert-OH is 1. The number of carbonyl (C=O) groups excluding carboxylic acids is 3. The highest BCUT2D eigenvalue weighted by atomic mass is 35.5. The Morgan fingerprint density at radius 1 is 1.27 bits per heavy atom. The summed E-state index contributed by atoms with van der Waals surface area (Å²) < 4.78 is 5.30. The predicted octanol–water partition coefficient (Wildman–Crippen LogP) is 2.51. The monoisotopic (exact) mass is 436 g/mol. The van der Waals surface area contributed by atoms with E-state index in [1.54, 1.807) is 49.9 Å². The van der Waals surface area contributed by atoms with E-state index in [9.17, 15) is 19.5 Å². The number of rotatable bonds is 6. The van der Waals surface area contributed by atoms with Crippen LogP contribution in [0.1, 0.15) is 39.2 Å². The predicted molar refractivity (Wildman–Crippen MR) is 115 cm³/mol. The smallest absolute Gasteiger partial charge is 0.308 e. The zero-order valence-electron chi connectivity index (χ0n) is 17.6. The topological polar surface area (TPSA) is 87.2 Å². The van der Waals surface area contributed by atoms with E-state index in [1.807, 2.05) is 6.07 Å². The quantitative estimate of drug-likeness (QED) is 0.547. The van der Waals surface area contributed by atoms with Gasteiger partial charge in [-0.25, -0.2) is 0 Å². The van der Waals surface area contributed by atoms with Gasteiger partial charge in [0.25, 0.3) is 0 Å². The van der Waals surface area contributed by atoms with Crippen LogP contribution in [-0.2, 0) is 19.1 Å². The number of carbonyl (C=O) groups is 3. The van der Waals surface area contributed by atoms with E-state index in [0.717, 1.165) is 5.56 Å². The van der Waals surface area contributed by atoms with Gasteiger partial charge in [0.2, 0.25) is 11.8 Å². The average Bonchev–Trinajstić information content (AvgIpc) is 2.85. The van der Waals surface area contributed by atoms with Crippen molar-refractivity contribution in [3.63, 3.8) is 0 Å². The molecule has 0 aliphatic carbocycles. The van der Waals surface area contributed by atoms with Crippen molar-refractivity contribution in [1.82, 2.24) is 9.80 Å². The molecule has 1 aromatic carbocycles. The van der Waals surface area contributed by atoms with Gasteiger partial charge in [-0.1, -0.05) is 23.7 Å². The number of nitrogens with zero attached hydrogens (tertiary/aromatic N) is 2. The molecule has 0 aromatic heterocycles. The molecule has 1 fully saturated rings. The van der Waals surface area contributed by atoms with Gasteiger partial charge in [0.05, 0.1) is 19.1 Å². The van der Waals surface area contributed by atoms with Gasteiger partial charge in [-0.15, -0.1) is 0 Å². The van der Waals surface area contributed by atoms with E-state index in [4.69, 9.17) is 16.3 Å². The molecule has 7 nitrogen and oxygen atoms in total. The largest absolute Gasteiger partial charge is 0.460 e. The zero-order chi connectivity index (χ0) is 22.3. The summed E-state index contributed by atoms with van der Waals surface area (Å²) in [5.41, 5.74) is 0.166. The lowest BCUT2D eigenvalue weighted by Crippen LogP contribution is -2.45. The molecule has 30 heavy (non-hydrogen) atoms. The van der Waals surface area contributed by atoms with Crippen molar-refractivity contribution in [1.29, 1.82) is 0 Å². The summed E-state index contributed by atoms with van der Waals surface area (Å²) in [5, 5.41) is 10.3. The maximum atomic E-state index is 12.6. The fraction of sp³-hybridized carbons (Fsp3) is 0.500. The van der Waals surface area contributed by atoms with Crippen molar-refractivity contribution in [2.75, 3.05) is 26.2 Å². The third kappa shape index (κ3) is 7.46. The number of aliphatic hydroxyl groups is 1. The van der Waals surface area contributed by atoms with Crippen LogP contribution >= 0.6 is 11.6 Å². The summed E-state index contributed by atoms with van der Waals surface area (Å²) in [6.45, 7) is 5.76. The first-order valence-corrected chi connectivity index (χ1v) is 10.3. The minimum atomic E-state index is -0.676. The molecule has 0 radical (unpaired) electrons. The third-order valence-corrected chi connectivity index (χ3v) is 4.81. The van der Waals surface area contributed by atoms with Crippen molar-refractivity contribution in [3.05, 3.63) is 40.9 Å². The number of halogens is 1. The maximum Gasteiger partial charge on any atom is 0.308 e. The summed E-state index contributed by atoms with van der Waals surface area (Å²) in [5.74, 6) is -0.889. The summed E-state index contributed by atoms with van der Waals surface area (Å²) in [4.78, 5) is 40.3. The molecule has 1 unspecified atom stereocenters. The summed E-state index contributed by atoms with van der Waals surface area (Å²) in [7, 11) is 0. The summed E-state index contributed by atoms with van der Waals surface area (Å²) in [6, 6.07) is 6.47. The number of esters is 1. The number of benzene rings is 1. The van der Waals surface area contributed by atoms with Crippen molar-refractivity contribution in [2.24, 2.45) is 0 Å². The van der Waals surface area contributed by atoms with Gasteiger partial charge in [0.15, 0.2) is 0 Å². The lowest BCUT2D eigenvalue weighted by Gasteiger charge is -2.30. The Balaban J connectivity index is 1.99. The number of amides is 2. The van der Waals surface area contributed by atoms with Crippen LogP contribution < -0.4 is 0 Å². The number of ether oxygens (including phenoxy) is 1. The standard InChI is InChI=1S/C22H29ClN2O5/c1-22(2,3)30-21(29)14-18(15-26)25-12-11-24(10-9-20(25)28)19(27)8-7-16-5-4-6-17(23)13-16/h4-8,13,18,26H,9-12,14-15H2,1-3H3/b8-7+. The van der Waals surface area contributed by atoms with Gasteiger partial charge >= 0.3 is 5.97 Å². The Kier molecular flexibility index (Phi) is 8.43. The van der Waals surface area contributed by atoms with Crippen LogP contribution in [0.3, 0.4) is 0 Å². The van der Waals surface area contributed by atoms with Crippen LogP contribution in [0.5, 0.6) is 0 Å². The Labute approximate surface area is 182 Å². The Bertz CT molecular complexity index is 803. The van der Waals surface area contributed by atoms with Crippen LogP contribution in [0.4, 0.5) is 0 Å². The molecular formula is C22H29ClN2O5. The van der Waals surface area contributed by atoms with Gasteiger partial charge in [0.1, 0.15) is 5.60 Å². The molecule has 0 bridgehead atoms. The lowest BCUT2D eigenvalue weighted by molar-refractivity contribution is -0.157. The Morgan fingerprint density at radius 2 is 2.00 bits per heavy atom. The van der Waals surface area contributed by atoms with Crippen LogP contribution in [0.25, 0.3) is 6.08 Å². The molecule has 1 atom stereocenters. The van der Waals surface area contributed by atoms with E-state index in [-0.39, 0.29) is 44.4 Å². The highest BCUT2D eigenvalue weighted by molar-refractivity contribution is 6.30. The zero-order valence-corrected chi connectivity index (χ0v) is 18.4. The molecule has 0 saturated carbocycles. The molecule has 1 aliphatic heterocycles. The Morgan fingerprint density at radius 3 is 2.63 bits per heavy atom. The van der Waals surface area contributed by atoms with Crippen LogP contribution in [0.15, 0.2) is 30.3 Å². The third-order valence-electron chi connectivity index (χ3n) is 4.58. The second-order valence-electron chi connectivity index (χ2n) is 8.18. The van der Waals surface area contributed by atoms with Gasteiger partial charge in [0, 0.05) is 37.2 Å². The van der Waals surface area contributed by atoms with Crippen LogP contribution in [0, 0.1) is 0 Å². The minimum Gasteiger partial charge on any atom is -0.460 e. The SMILES string of the molecule is CC(C)(C)OC(=O)CC(CO)N1CCN(C(=O)/C=C/c2cccc(Cl)c2)CCC1=O. The second kappa shape index (κ2) is 10.6. The summed E-state index contributed by atoms with van der Waals surface area (Å²) in [6.07, 6.45) is 3.16. The minimum absolute atomic E-state index is 0.0951. The van der Waals surface area contributed by atoms with Crippen molar-refractivity contribution in [3.8, 4) is 0 Å². The van der Waals surface area contributed by atoms with Gasteiger partial charge in [-0.3, -0.25) is 14.4 Å². The molecular weight excluding hydrogens is 408 g/mol. The first-order valence-electron chi connectivity index (χ1n) is 9.94. The molecule has 1 N–H and O–H groups in total. The summed E-state index contributed by atoms with van der Waals surface area (Å²) >= 11 is 5.95. The second-order valence-corrected chi connectivity index (χ2v) is 8.61. The number of hydrogen-bond donors (Lipinski definition) is 1. The van der Waals surface area contributed by atoms with E-state index >= 15 is 0 Å². The van der Waals surface area contributed by atoms with Gasteiger partial charge in [-0.05, 0) is 44.5 Å². The van der Waals surface area contributed by atoms with Gasteiger partial charge in [-0.2, -0.15) is 0 Å². The normalized spacial score (nSPS) is 16.5. The lowest BCUT2D eigenvalue weighted by atomic mass is 10.1. The molecule has 1 aromatic rings. The van der Waals surface area contributed by atoms with E-state index in [1.165, 1.54) is 11.0 Å². The first-order chi connectivity index (χ1) is 14.1. The highest BCUT2D eigenvalue weighted by Crippen LogP contribution is 2.16. The first kappa shape index (κ1) is 23.9. The van der Waals surface area contributed by atoms with E-state index < -0.39 is 17.6 Å². The van der Waals surface area contributed by atoms with E-state index in [2.05, 4.69) is 0 Å². The van der Waals surface area contributed by atoms with Crippen LogP contribution in [0.2, 0.25) is 5.02 Å². The highest BCUT2D eigenvalue weighted by Gasteiger charge is 2.30. The van der Waals surface area contributed by atoms with Gasteiger partial charge < -0.3 is 19.6 Å². The molecule has 2 amide bonds. The fourth-order valence-electron chi connectivity index (χ4n) is 3.18. The average molecular weight is 437 g/mol. The fourth-order valence-corrected chi connectivity index (χ4v) is 3.38. The molecule has 1 aliphatic rings. The van der Waals surface area contributed by atoms with E-state index in [0.29, 0.717) is 11.6 Å². The Hall–Kier alpha value is -2.38. The molecule has 8 heteroatoms. The molecule has 164 valence electrons. The van der Waals surface area contributed by atoms with Crippen molar-refractivity contribution in [2.45, 2.75) is 45.3 Å². The van der Waals surface area contributed by atoms with Crippen molar-refractivity contribution >= 4 is 35.5 Å². The molecule has 2 rings (SSSR count). The maximum absolute atomic E-state index is 12.6. The number of hydrogen-bond acceptors (Lipinski definition) is 5. The molecule has 1 heterocycles. The van der Waals surface area contributed by atoms with Crippen LogP contribution in [-0.4, -0.2) is 70.6 Å². The van der Waals surface area contributed by atoms with Crippen molar-refractivity contribution < 1.29 is 24.2 Å². The molecule has 0 spiro atoms.